The molecule has 29 heavy (non-hydrogen) atoms. The van der Waals surface area contributed by atoms with E-state index in [1.165, 1.54) is 0 Å². The molecule has 1 aliphatic rings. The number of ether oxygens (including phenoxy) is 1. The highest BCUT2D eigenvalue weighted by atomic mass is 16.5. The first-order valence-electron chi connectivity index (χ1n) is 10.0. The minimum atomic E-state index is -0.244. The third-order valence-electron chi connectivity index (χ3n) is 4.97. The van der Waals surface area contributed by atoms with Crippen molar-refractivity contribution >= 4 is 23.3 Å². The lowest BCUT2D eigenvalue weighted by Gasteiger charge is -2.19. The van der Waals surface area contributed by atoms with Crippen LogP contribution in [-0.4, -0.2) is 56.2 Å². The Morgan fingerprint density at radius 1 is 1.17 bits per heavy atom. The van der Waals surface area contributed by atoms with Gasteiger partial charge in [-0.25, -0.2) is 4.79 Å². The second-order valence-electron chi connectivity index (χ2n) is 6.76. The maximum atomic E-state index is 12.8. The average Bonchev–Trinajstić information content (AvgIpc) is 3.18. The van der Waals surface area contributed by atoms with Crippen molar-refractivity contribution in [3.05, 3.63) is 54.1 Å². The largest absolute Gasteiger partial charge is 0.490 e. The molecule has 1 aliphatic heterocycles. The number of anilines is 2. The molecule has 7 nitrogen and oxygen atoms in total. The normalized spacial score (nSPS) is 13.5. The highest BCUT2D eigenvalue weighted by Crippen LogP contribution is 2.25. The number of amides is 3. The number of nitrogens with one attached hydrogen (secondary N) is 2. The third kappa shape index (κ3) is 5.26. The molecule has 0 bridgehead atoms. The van der Waals surface area contributed by atoms with Gasteiger partial charge in [0.25, 0.3) is 5.91 Å². The maximum absolute atomic E-state index is 12.8. The molecule has 0 spiro atoms. The number of carbonyl (C=O) groups is 2. The van der Waals surface area contributed by atoms with Crippen molar-refractivity contribution in [1.29, 1.82) is 0 Å². The van der Waals surface area contributed by atoms with Gasteiger partial charge >= 0.3 is 6.03 Å². The summed E-state index contributed by atoms with van der Waals surface area (Å²) in [4.78, 5) is 28.6. The summed E-state index contributed by atoms with van der Waals surface area (Å²) in [6.07, 6.45) is 0. The van der Waals surface area contributed by atoms with Crippen molar-refractivity contribution in [1.82, 2.24) is 10.2 Å². The lowest BCUT2D eigenvalue weighted by atomic mass is 10.1. The SMILES string of the molecule is CCN(CC)CCOc1ccccc1NC(=O)c1cccc(N2CCNC2=O)c1. The van der Waals surface area contributed by atoms with Gasteiger partial charge in [0.1, 0.15) is 12.4 Å². The third-order valence-corrected chi connectivity index (χ3v) is 4.97. The summed E-state index contributed by atoms with van der Waals surface area (Å²) in [6.45, 7) is 8.77. The van der Waals surface area contributed by atoms with Gasteiger partial charge in [0.05, 0.1) is 5.69 Å². The number of urea groups is 1. The fraction of sp³-hybridized carbons (Fsp3) is 0.364. The number of benzene rings is 2. The van der Waals surface area contributed by atoms with Crippen LogP contribution in [0.5, 0.6) is 5.75 Å². The Balaban J connectivity index is 1.67. The van der Waals surface area contributed by atoms with Crippen LogP contribution < -0.4 is 20.3 Å². The van der Waals surface area contributed by atoms with E-state index < -0.39 is 0 Å². The van der Waals surface area contributed by atoms with Gasteiger partial charge in [0, 0.05) is 30.9 Å². The summed E-state index contributed by atoms with van der Waals surface area (Å²) in [7, 11) is 0. The van der Waals surface area contributed by atoms with E-state index in [1.54, 1.807) is 23.1 Å². The van der Waals surface area contributed by atoms with Crippen LogP contribution in [-0.2, 0) is 0 Å². The van der Waals surface area contributed by atoms with Gasteiger partial charge < -0.3 is 20.3 Å². The molecule has 0 unspecified atom stereocenters. The molecular formula is C22H28N4O3. The number of para-hydroxylation sites is 2. The van der Waals surface area contributed by atoms with Crippen LogP contribution in [0.25, 0.3) is 0 Å². The van der Waals surface area contributed by atoms with Gasteiger partial charge in [-0.15, -0.1) is 0 Å². The van der Waals surface area contributed by atoms with Crippen LogP contribution in [0.15, 0.2) is 48.5 Å². The highest BCUT2D eigenvalue weighted by Gasteiger charge is 2.22. The zero-order valence-electron chi connectivity index (χ0n) is 17.0. The molecule has 0 aromatic heterocycles. The first-order valence-corrected chi connectivity index (χ1v) is 10.0. The van der Waals surface area contributed by atoms with Crippen LogP contribution in [0.3, 0.4) is 0 Å². The highest BCUT2D eigenvalue weighted by molar-refractivity contribution is 6.06. The number of hydrogen-bond donors (Lipinski definition) is 2. The van der Waals surface area contributed by atoms with E-state index >= 15 is 0 Å². The van der Waals surface area contributed by atoms with Crippen molar-refractivity contribution in [2.45, 2.75) is 13.8 Å². The fourth-order valence-electron chi connectivity index (χ4n) is 3.25. The molecule has 1 fully saturated rings. The van der Waals surface area contributed by atoms with Crippen molar-refractivity contribution in [3.8, 4) is 5.75 Å². The first-order chi connectivity index (χ1) is 14.1. The van der Waals surface area contributed by atoms with Gasteiger partial charge in [0.2, 0.25) is 0 Å². The number of hydrogen-bond acceptors (Lipinski definition) is 4. The summed E-state index contributed by atoms with van der Waals surface area (Å²) in [5.41, 5.74) is 1.82. The number of carbonyl (C=O) groups excluding carboxylic acids is 2. The summed E-state index contributed by atoms with van der Waals surface area (Å²) < 4.78 is 5.91. The molecule has 3 amide bonds. The minimum Gasteiger partial charge on any atom is -0.490 e. The first kappa shape index (κ1) is 20.7. The van der Waals surface area contributed by atoms with Crippen LogP contribution in [0.2, 0.25) is 0 Å². The number of nitrogens with zero attached hydrogens (tertiary/aromatic N) is 2. The fourth-order valence-corrected chi connectivity index (χ4v) is 3.25. The van der Waals surface area contributed by atoms with Crippen LogP contribution in [0.4, 0.5) is 16.2 Å². The Morgan fingerprint density at radius 2 is 1.97 bits per heavy atom. The maximum Gasteiger partial charge on any atom is 0.321 e. The molecule has 1 heterocycles. The summed E-state index contributed by atoms with van der Waals surface area (Å²) in [5, 5.41) is 5.69. The standard InChI is InChI=1S/C22H28N4O3/c1-3-25(4-2)14-15-29-20-11-6-5-10-19(20)24-21(27)17-8-7-9-18(16-17)26-13-12-23-22(26)28/h5-11,16H,3-4,12-15H2,1-2H3,(H,23,28)(H,24,27). The molecule has 0 atom stereocenters. The van der Waals surface area contributed by atoms with Gasteiger partial charge in [0.15, 0.2) is 0 Å². The number of likely N-dealkylation sites (N-methyl/N-ethyl adjacent to an activating group) is 1. The van der Waals surface area contributed by atoms with Crippen molar-refractivity contribution in [3.63, 3.8) is 0 Å². The average molecular weight is 396 g/mol. The smallest absolute Gasteiger partial charge is 0.321 e. The minimum absolute atomic E-state index is 0.144. The predicted molar refractivity (Wildman–Crippen MR) is 115 cm³/mol. The topological polar surface area (TPSA) is 73.9 Å². The Bertz CT molecular complexity index is 851. The van der Waals surface area contributed by atoms with Crippen molar-refractivity contribution in [2.75, 3.05) is 49.5 Å². The summed E-state index contributed by atoms with van der Waals surface area (Å²) in [6, 6.07) is 14.3. The van der Waals surface area contributed by atoms with E-state index in [9.17, 15) is 9.59 Å². The van der Waals surface area contributed by atoms with E-state index in [-0.39, 0.29) is 11.9 Å². The summed E-state index contributed by atoms with van der Waals surface area (Å²) >= 11 is 0. The van der Waals surface area contributed by atoms with Crippen LogP contribution in [0.1, 0.15) is 24.2 Å². The van der Waals surface area contributed by atoms with E-state index in [4.69, 9.17) is 4.74 Å². The molecule has 1 saturated heterocycles. The van der Waals surface area contributed by atoms with E-state index in [1.807, 2.05) is 30.3 Å². The second-order valence-corrected chi connectivity index (χ2v) is 6.76. The van der Waals surface area contributed by atoms with Gasteiger partial charge in [-0.05, 0) is 43.4 Å². The molecule has 2 N–H and O–H groups in total. The van der Waals surface area contributed by atoms with Gasteiger partial charge in [-0.2, -0.15) is 0 Å². The zero-order valence-corrected chi connectivity index (χ0v) is 17.0. The second kappa shape index (κ2) is 9.93. The molecule has 0 saturated carbocycles. The lowest BCUT2D eigenvalue weighted by Crippen LogP contribution is -2.28. The van der Waals surface area contributed by atoms with E-state index in [0.29, 0.717) is 42.4 Å². The lowest BCUT2D eigenvalue weighted by molar-refractivity contribution is 0.102. The quantitative estimate of drug-likeness (QED) is 0.683. The van der Waals surface area contributed by atoms with E-state index in [2.05, 4.69) is 29.4 Å². The Labute approximate surface area is 171 Å². The van der Waals surface area contributed by atoms with Crippen LogP contribution >= 0.6 is 0 Å². The Kier molecular flexibility index (Phi) is 7.08. The monoisotopic (exact) mass is 396 g/mol. The Morgan fingerprint density at radius 3 is 2.69 bits per heavy atom. The zero-order chi connectivity index (χ0) is 20.6. The number of rotatable bonds is 9. The molecule has 2 aromatic rings. The predicted octanol–water partition coefficient (Wildman–Crippen LogP) is 3.19. The van der Waals surface area contributed by atoms with Crippen molar-refractivity contribution < 1.29 is 14.3 Å². The molecule has 2 aromatic carbocycles. The van der Waals surface area contributed by atoms with Gasteiger partial charge in [-0.3, -0.25) is 9.69 Å². The van der Waals surface area contributed by atoms with Crippen molar-refractivity contribution in [2.24, 2.45) is 0 Å². The van der Waals surface area contributed by atoms with Gasteiger partial charge in [-0.1, -0.05) is 32.0 Å². The molecule has 7 heteroatoms. The van der Waals surface area contributed by atoms with Crippen LogP contribution in [0, 0.1) is 0 Å². The van der Waals surface area contributed by atoms with E-state index in [0.717, 1.165) is 19.6 Å². The molecule has 0 radical (unpaired) electrons. The molecule has 154 valence electrons. The Hall–Kier alpha value is -3.06. The molecule has 0 aliphatic carbocycles. The molecule has 3 rings (SSSR count). The molecular weight excluding hydrogens is 368 g/mol. The summed E-state index contributed by atoms with van der Waals surface area (Å²) in [5.74, 6) is 0.398.